The van der Waals surface area contributed by atoms with E-state index in [-0.39, 0.29) is 21.9 Å². The van der Waals surface area contributed by atoms with Gasteiger partial charge in [-0.25, -0.2) is 0 Å². The normalized spacial score (nSPS) is 23.9. The summed E-state index contributed by atoms with van der Waals surface area (Å²) in [7, 11) is 0. The molecule has 0 saturated carbocycles. The lowest BCUT2D eigenvalue weighted by molar-refractivity contribution is -0.385. The Bertz CT molecular complexity index is 450. The summed E-state index contributed by atoms with van der Waals surface area (Å²) in [4.78, 5) is 10.5. The largest absolute Gasteiger partial charge is 0.381 e. The first-order chi connectivity index (χ1) is 8.59. The van der Waals surface area contributed by atoms with E-state index in [2.05, 4.69) is 0 Å². The molecule has 0 bridgehead atoms. The molecule has 18 heavy (non-hydrogen) atoms. The van der Waals surface area contributed by atoms with Crippen LogP contribution in [-0.2, 0) is 11.2 Å². The Morgan fingerprint density at radius 3 is 3.00 bits per heavy atom. The monoisotopic (exact) mass is 269 g/mol. The zero-order valence-electron chi connectivity index (χ0n) is 10.3. The van der Waals surface area contributed by atoms with Crippen LogP contribution < -0.4 is 0 Å². The summed E-state index contributed by atoms with van der Waals surface area (Å²) in [6, 6.07) is 5.20. The van der Waals surface area contributed by atoms with Crippen molar-refractivity contribution >= 4 is 17.3 Å². The molecule has 2 unspecified atom stereocenters. The number of alkyl halides is 1. The predicted molar refractivity (Wildman–Crippen MR) is 70.1 cm³/mol. The van der Waals surface area contributed by atoms with E-state index in [1.54, 1.807) is 13.0 Å². The van der Waals surface area contributed by atoms with Crippen LogP contribution in [0.25, 0.3) is 0 Å². The molecule has 1 aliphatic rings. The van der Waals surface area contributed by atoms with Gasteiger partial charge in [0.05, 0.1) is 11.5 Å². The van der Waals surface area contributed by atoms with E-state index in [4.69, 9.17) is 16.3 Å². The summed E-state index contributed by atoms with van der Waals surface area (Å²) in [5.74, 6) is 0.237. The summed E-state index contributed by atoms with van der Waals surface area (Å²) in [5, 5.41) is 11.0. The van der Waals surface area contributed by atoms with Crippen molar-refractivity contribution in [3.63, 3.8) is 0 Å². The molecular formula is C13H16ClNO3. The topological polar surface area (TPSA) is 52.4 Å². The molecule has 2 atom stereocenters. The average Bonchev–Trinajstić information content (AvgIpc) is 2.34. The highest BCUT2D eigenvalue weighted by molar-refractivity contribution is 6.20. The lowest BCUT2D eigenvalue weighted by Gasteiger charge is -2.27. The van der Waals surface area contributed by atoms with Crippen molar-refractivity contribution in [2.45, 2.75) is 25.1 Å². The molecule has 98 valence electrons. The predicted octanol–water partition coefficient (Wildman–Crippen LogP) is 3.09. The second kappa shape index (κ2) is 5.67. The minimum absolute atomic E-state index is 0.0948. The first-order valence-corrected chi connectivity index (χ1v) is 6.48. The number of nitro benzene ring substituents is 1. The number of rotatable bonds is 3. The van der Waals surface area contributed by atoms with E-state index in [0.717, 1.165) is 24.0 Å². The molecule has 1 aromatic carbocycles. The van der Waals surface area contributed by atoms with Gasteiger partial charge in [-0.2, -0.15) is 0 Å². The second-order valence-electron chi connectivity index (χ2n) is 4.66. The zero-order valence-corrected chi connectivity index (χ0v) is 11.0. The van der Waals surface area contributed by atoms with Crippen LogP contribution in [0.15, 0.2) is 18.2 Å². The van der Waals surface area contributed by atoms with Gasteiger partial charge >= 0.3 is 0 Å². The van der Waals surface area contributed by atoms with Gasteiger partial charge in [-0.15, -0.1) is 11.6 Å². The van der Waals surface area contributed by atoms with Crippen molar-refractivity contribution in [2.75, 3.05) is 13.2 Å². The van der Waals surface area contributed by atoms with Crippen LogP contribution in [0.2, 0.25) is 0 Å². The van der Waals surface area contributed by atoms with Gasteiger partial charge in [0.1, 0.15) is 0 Å². The fourth-order valence-electron chi connectivity index (χ4n) is 2.33. The molecule has 2 rings (SSSR count). The van der Waals surface area contributed by atoms with Gasteiger partial charge in [0, 0.05) is 29.5 Å². The van der Waals surface area contributed by atoms with E-state index in [1.165, 1.54) is 6.07 Å². The van der Waals surface area contributed by atoms with Gasteiger partial charge in [0.2, 0.25) is 0 Å². The molecule has 0 amide bonds. The van der Waals surface area contributed by atoms with Crippen molar-refractivity contribution in [1.82, 2.24) is 0 Å². The Kier molecular flexibility index (Phi) is 4.19. The molecular weight excluding hydrogens is 254 g/mol. The molecule has 0 radical (unpaired) electrons. The molecule has 4 nitrogen and oxygen atoms in total. The fraction of sp³-hybridized carbons (Fsp3) is 0.538. The van der Waals surface area contributed by atoms with Crippen LogP contribution in [-0.4, -0.2) is 23.5 Å². The van der Waals surface area contributed by atoms with E-state index in [1.807, 2.05) is 6.07 Å². The molecule has 5 heteroatoms. The third-order valence-electron chi connectivity index (χ3n) is 3.48. The van der Waals surface area contributed by atoms with Gasteiger partial charge in [0.25, 0.3) is 5.69 Å². The summed E-state index contributed by atoms with van der Waals surface area (Å²) in [5.41, 5.74) is 1.90. The maximum Gasteiger partial charge on any atom is 0.272 e. The molecule has 1 aliphatic heterocycles. The molecule has 1 aromatic rings. The number of hydrogen-bond donors (Lipinski definition) is 0. The zero-order chi connectivity index (χ0) is 13.1. The minimum atomic E-state index is -0.339. The first kappa shape index (κ1) is 13.3. The van der Waals surface area contributed by atoms with Crippen LogP contribution >= 0.6 is 11.6 Å². The van der Waals surface area contributed by atoms with E-state index >= 15 is 0 Å². The van der Waals surface area contributed by atoms with E-state index in [9.17, 15) is 10.1 Å². The Labute approximate surface area is 111 Å². The standard InChI is InChI=1S/C13H16ClNO3/c1-9-10(3-2-4-13(9)15(16)17)7-11-8-18-6-5-12(11)14/h2-4,11-12H,5-8H2,1H3. The van der Waals surface area contributed by atoms with Gasteiger partial charge in [-0.1, -0.05) is 12.1 Å². The van der Waals surface area contributed by atoms with Crippen molar-refractivity contribution in [1.29, 1.82) is 0 Å². The quantitative estimate of drug-likeness (QED) is 0.481. The maximum atomic E-state index is 10.9. The summed E-state index contributed by atoms with van der Waals surface area (Å²) in [6.07, 6.45) is 1.59. The van der Waals surface area contributed by atoms with E-state index < -0.39 is 0 Å². The smallest absolute Gasteiger partial charge is 0.272 e. The molecule has 1 heterocycles. The first-order valence-electron chi connectivity index (χ1n) is 6.04. The second-order valence-corrected chi connectivity index (χ2v) is 5.22. The molecule has 0 aromatic heterocycles. The number of ether oxygens (including phenoxy) is 1. The van der Waals surface area contributed by atoms with Crippen molar-refractivity contribution in [2.24, 2.45) is 5.92 Å². The molecule has 0 aliphatic carbocycles. The number of benzene rings is 1. The minimum Gasteiger partial charge on any atom is -0.381 e. The Morgan fingerprint density at radius 2 is 2.33 bits per heavy atom. The Balaban J connectivity index is 2.18. The fourth-order valence-corrected chi connectivity index (χ4v) is 2.58. The third-order valence-corrected chi connectivity index (χ3v) is 4.05. The van der Waals surface area contributed by atoms with Crippen LogP contribution in [0.3, 0.4) is 0 Å². The maximum absolute atomic E-state index is 10.9. The van der Waals surface area contributed by atoms with Gasteiger partial charge < -0.3 is 4.74 Å². The third kappa shape index (κ3) is 2.82. The SMILES string of the molecule is Cc1c(CC2COCCC2Cl)cccc1[N+](=O)[O-]. The van der Waals surface area contributed by atoms with Crippen LogP contribution in [0.1, 0.15) is 17.5 Å². The highest BCUT2D eigenvalue weighted by Gasteiger charge is 2.25. The summed E-state index contributed by atoms with van der Waals surface area (Å²) in [6.45, 7) is 3.13. The van der Waals surface area contributed by atoms with Gasteiger partial charge in [-0.3, -0.25) is 10.1 Å². The molecule has 1 fully saturated rings. The average molecular weight is 270 g/mol. The van der Waals surface area contributed by atoms with Crippen molar-refractivity contribution in [3.05, 3.63) is 39.4 Å². The highest BCUT2D eigenvalue weighted by Crippen LogP contribution is 2.28. The highest BCUT2D eigenvalue weighted by atomic mass is 35.5. The summed E-state index contributed by atoms with van der Waals surface area (Å²) < 4.78 is 5.42. The molecule has 1 saturated heterocycles. The molecule has 0 N–H and O–H groups in total. The van der Waals surface area contributed by atoms with Crippen molar-refractivity contribution in [3.8, 4) is 0 Å². The van der Waals surface area contributed by atoms with Crippen LogP contribution in [0.4, 0.5) is 5.69 Å². The summed E-state index contributed by atoms with van der Waals surface area (Å²) >= 11 is 6.27. The number of hydrogen-bond acceptors (Lipinski definition) is 3. The van der Waals surface area contributed by atoms with Gasteiger partial charge in [0.15, 0.2) is 0 Å². The molecule has 0 spiro atoms. The Hall–Kier alpha value is -1.13. The number of halogens is 1. The number of nitro groups is 1. The van der Waals surface area contributed by atoms with Crippen molar-refractivity contribution < 1.29 is 9.66 Å². The van der Waals surface area contributed by atoms with Crippen LogP contribution in [0.5, 0.6) is 0 Å². The lowest BCUT2D eigenvalue weighted by Crippen LogP contribution is -2.29. The van der Waals surface area contributed by atoms with E-state index in [0.29, 0.717) is 13.2 Å². The van der Waals surface area contributed by atoms with Crippen LogP contribution in [0, 0.1) is 23.0 Å². The number of nitrogens with zero attached hydrogens (tertiary/aromatic N) is 1. The lowest BCUT2D eigenvalue weighted by atomic mass is 9.91. The van der Waals surface area contributed by atoms with Gasteiger partial charge in [-0.05, 0) is 25.3 Å². The Morgan fingerprint density at radius 1 is 1.56 bits per heavy atom.